The number of nitrogens with two attached hydrogens (primary N) is 1. The van der Waals surface area contributed by atoms with Crippen molar-refractivity contribution in [1.82, 2.24) is 14.7 Å². The number of amides is 2. The Bertz CT molecular complexity index is 741. The van der Waals surface area contributed by atoms with Gasteiger partial charge >= 0.3 is 11.8 Å². The predicted molar refractivity (Wildman–Crippen MR) is 90.2 cm³/mol. The molecule has 1 aromatic carbocycles. The van der Waals surface area contributed by atoms with Gasteiger partial charge in [0.15, 0.2) is 0 Å². The van der Waals surface area contributed by atoms with Gasteiger partial charge in [0.05, 0.1) is 12.2 Å². The molecular formula is C17H21N5O2. The van der Waals surface area contributed by atoms with Crippen molar-refractivity contribution in [2.75, 3.05) is 18.4 Å². The van der Waals surface area contributed by atoms with Crippen LogP contribution in [0.25, 0.3) is 0 Å². The molecule has 0 spiro atoms. The van der Waals surface area contributed by atoms with Crippen LogP contribution in [0, 0.1) is 6.92 Å². The van der Waals surface area contributed by atoms with Gasteiger partial charge in [0, 0.05) is 25.2 Å². The molecule has 1 fully saturated rings. The molecule has 0 saturated carbocycles. The lowest BCUT2D eigenvalue weighted by Crippen LogP contribution is -2.31. The highest BCUT2D eigenvalue weighted by atomic mass is 16.2. The molecule has 3 N–H and O–H groups in total. The van der Waals surface area contributed by atoms with E-state index in [1.807, 2.05) is 25.1 Å². The molecule has 0 unspecified atom stereocenters. The lowest BCUT2D eigenvalue weighted by Gasteiger charge is -2.18. The molecule has 7 heteroatoms. The molecule has 2 amide bonds. The lowest BCUT2D eigenvalue weighted by atomic mass is 10.2. The normalized spacial score (nSPS) is 17.8. The first-order chi connectivity index (χ1) is 11.5. The molecule has 1 aliphatic rings. The Kier molecular flexibility index (Phi) is 4.61. The number of carbonyl (C=O) groups excluding carboxylic acids is 2. The number of rotatable bonds is 4. The highest BCUT2D eigenvalue weighted by Gasteiger charge is 2.27. The second kappa shape index (κ2) is 6.84. The van der Waals surface area contributed by atoms with Gasteiger partial charge in [-0.1, -0.05) is 30.3 Å². The van der Waals surface area contributed by atoms with Crippen molar-refractivity contribution in [3.05, 3.63) is 47.7 Å². The number of hydrogen-bond acceptors (Lipinski definition) is 4. The Morgan fingerprint density at radius 3 is 2.79 bits per heavy atom. The Morgan fingerprint density at radius 2 is 2.08 bits per heavy atom. The van der Waals surface area contributed by atoms with E-state index in [-0.39, 0.29) is 6.04 Å². The number of likely N-dealkylation sites (tertiary alicyclic amines) is 1. The lowest BCUT2D eigenvalue weighted by molar-refractivity contribution is -0.134. The van der Waals surface area contributed by atoms with Crippen molar-refractivity contribution in [3.63, 3.8) is 0 Å². The summed E-state index contributed by atoms with van der Waals surface area (Å²) in [5.74, 6) is -1.27. The van der Waals surface area contributed by atoms with E-state index in [1.165, 1.54) is 5.56 Å². The van der Waals surface area contributed by atoms with Gasteiger partial charge in [-0.15, -0.1) is 0 Å². The number of anilines is 1. The Morgan fingerprint density at radius 1 is 1.33 bits per heavy atom. The summed E-state index contributed by atoms with van der Waals surface area (Å²) in [6.07, 6.45) is 2.63. The van der Waals surface area contributed by atoms with E-state index in [0.29, 0.717) is 5.82 Å². The zero-order valence-electron chi connectivity index (χ0n) is 13.6. The second-order valence-corrected chi connectivity index (χ2v) is 6.10. The van der Waals surface area contributed by atoms with Crippen molar-refractivity contribution in [2.24, 2.45) is 5.73 Å². The fourth-order valence-corrected chi connectivity index (χ4v) is 3.05. The van der Waals surface area contributed by atoms with E-state index in [2.05, 4.69) is 27.4 Å². The molecule has 1 atom stereocenters. The van der Waals surface area contributed by atoms with Crippen LogP contribution in [0.3, 0.4) is 0 Å². The molecule has 2 heterocycles. The van der Waals surface area contributed by atoms with Gasteiger partial charge in [0.2, 0.25) is 0 Å². The van der Waals surface area contributed by atoms with Crippen LogP contribution >= 0.6 is 0 Å². The molecule has 0 bridgehead atoms. The molecule has 126 valence electrons. The molecule has 7 nitrogen and oxygen atoms in total. The van der Waals surface area contributed by atoms with E-state index in [9.17, 15) is 9.59 Å². The number of hydrogen-bond donors (Lipinski definition) is 2. The molecular weight excluding hydrogens is 306 g/mol. The predicted octanol–water partition coefficient (Wildman–Crippen LogP) is 1.06. The second-order valence-electron chi connectivity index (χ2n) is 6.10. The third kappa shape index (κ3) is 3.46. The molecule has 1 aromatic heterocycles. The largest absolute Gasteiger partial charge is 0.361 e. The number of carbonyl (C=O) groups is 2. The van der Waals surface area contributed by atoms with Crippen LogP contribution in [-0.4, -0.2) is 39.6 Å². The molecule has 0 aliphatic carbocycles. The minimum absolute atomic E-state index is 0.158. The van der Waals surface area contributed by atoms with Crippen molar-refractivity contribution < 1.29 is 9.59 Å². The topological polar surface area (TPSA) is 93.2 Å². The standard InChI is InChI=1S/C17H21N5O2/c1-12-9-19-22(16(12)20-17(24)15(18)23)14-7-8-21(11-14)10-13-5-3-2-4-6-13/h2-6,9,14H,7-8,10-11H2,1H3,(H2,18,23)(H,20,24)/t14-/m1/s1. The van der Waals surface area contributed by atoms with Crippen LogP contribution in [0.4, 0.5) is 5.82 Å². The maximum absolute atomic E-state index is 11.6. The van der Waals surface area contributed by atoms with E-state index in [1.54, 1.807) is 10.9 Å². The summed E-state index contributed by atoms with van der Waals surface area (Å²) in [5.41, 5.74) is 7.11. The van der Waals surface area contributed by atoms with Gasteiger partial charge in [0.1, 0.15) is 5.82 Å². The van der Waals surface area contributed by atoms with Crippen molar-refractivity contribution in [2.45, 2.75) is 25.9 Å². The van der Waals surface area contributed by atoms with E-state index in [4.69, 9.17) is 5.73 Å². The van der Waals surface area contributed by atoms with Crippen molar-refractivity contribution in [1.29, 1.82) is 0 Å². The van der Waals surface area contributed by atoms with Crippen LogP contribution in [-0.2, 0) is 16.1 Å². The fraction of sp³-hybridized carbons (Fsp3) is 0.353. The number of nitrogens with zero attached hydrogens (tertiary/aromatic N) is 3. The zero-order valence-corrected chi connectivity index (χ0v) is 13.6. The molecule has 1 saturated heterocycles. The summed E-state index contributed by atoms with van der Waals surface area (Å²) in [7, 11) is 0. The first-order valence-corrected chi connectivity index (χ1v) is 7.96. The minimum Gasteiger partial charge on any atom is -0.361 e. The number of aryl methyl sites for hydroxylation is 1. The SMILES string of the molecule is Cc1cnn([C@@H]2CCN(Cc3ccccc3)C2)c1NC(=O)C(N)=O. The Balaban J connectivity index is 1.70. The average molecular weight is 327 g/mol. The van der Waals surface area contributed by atoms with Crippen LogP contribution in [0.5, 0.6) is 0 Å². The highest BCUT2D eigenvalue weighted by molar-refractivity contribution is 6.39. The number of nitrogens with one attached hydrogen (secondary N) is 1. The first-order valence-electron chi connectivity index (χ1n) is 7.96. The average Bonchev–Trinajstić information content (AvgIpc) is 3.16. The number of aromatic nitrogens is 2. The smallest absolute Gasteiger partial charge is 0.314 e. The maximum Gasteiger partial charge on any atom is 0.314 e. The Hall–Kier alpha value is -2.67. The van der Waals surface area contributed by atoms with E-state index in [0.717, 1.165) is 31.6 Å². The van der Waals surface area contributed by atoms with Crippen LogP contribution in [0.1, 0.15) is 23.6 Å². The van der Waals surface area contributed by atoms with Gasteiger partial charge < -0.3 is 11.1 Å². The van der Waals surface area contributed by atoms with Crippen molar-refractivity contribution >= 4 is 17.6 Å². The van der Waals surface area contributed by atoms with Crippen LogP contribution in [0.2, 0.25) is 0 Å². The summed E-state index contributed by atoms with van der Waals surface area (Å²) in [6.45, 7) is 4.54. The van der Waals surface area contributed by atoms with Crippen LogP contribution < -0.4 is 11.1 Å². The highest BCUT2D eigenvalue weighted by Crippen LogP contribution is 2.27. The minimum atomic E-state index is -1.00. The van der Waals surface area contributed by atoms with E-state index < -0.39 is 11.8 Å². The Labute approximate surface area is 140 Å². The van der Waals surface area contributed by atoms with Gasteiger partial charge in [-0.2, -0.15) is 5.10 Å². The fourth-order valence-electron chi connectivity index (χ4n) is 3.05. The van der Waals surface area contributed by atoms with Gasteiger partial charge in [-0.05, 0) is 18.9 Å². The van der Waals surface area contributed by atoms with Crippen LogP contribution in [0.15, 0.2) is 36.5 Å². The molecule has 1 aliphatic heterocycles. The van der Waals surface area contributed by atoms with Gasteiger partial charge in [-0.25, -0.2) is 4.68 Å². The first kappa shape index (κ1) is 16.2. The summed E-state index contributed by atoms with van der Waals surface area (Å²) < 4.78 is 1.79. The van der Waals surface area contributed by atoms with Crippen molar-refractivity contribution in [3.8, 4) is 0 Å². The molecule has 0 radical (unpaired) electrons. The quantitative estimate of drug-likeness (QED) is 0.821. The summed E-state index contributed by atoms with van der Waals surface area (Å²) in [4.78, 5) is 25.0. The molecule has 24 heavy (non-hydrogen) atoms. The third-order valence-corrected chi connectivity index (χ3v) is 4.28. The summed E-state index contributed by atoms with van der Waals surface area (Å²) >= 11 is 0. The van der Waals surface area contributed by atoms with Gasteiger partial charge in [0.25, 0.3) is 0 Å². The summed E-state index contributed by atoms with van der Waals surface area (Å²) in [6, 6.07) is 10.5. The number of primary amides is 1. The third-order valence-electron chi connectivity index (χ3n) is 4.28. The van der Waals surface area contributed by atoms with Gasteiger partial charge in [-0.3, -0.25) is 14.5 Å². The molecule has 2 aromatic rings. The molecule has 3 rings (SSSR count). The number of benzene rings is 1. The van der Waals surface area contributed by atoms with E-state index >= 15 is 0 Å². The zero-order chi connectivity index (χ0) is 17.1. The maximum atomic E-state index is 11.6. The monoisotopic (exact) mass is 327 g/mol. The summed E-state index contributed by atoms with van der Waals surface area (Å²) in [5, 5.41) is 6.94.